The van der Waals surface area contributed by atoms with Gasteiger partial charge in [-0.25, -0.2) is 4.68 Å². The van der Waals surface area contributed by atoms with Crippen LogP contribution in [-0.2, 0) is 0 Å². The molecular formula is C20H26N4OS. The lowest BCUT2D eigenvalue weighted by Gasteiger charge is -2.33. The van der Waals surface area contributed by atoms with Gasteiger partial charge in [0.25, 0.3) is 5.56 Å². The molecule has 0 aromatic carbocycles. The van der Waals surface area contributed by atoms with Crippen LogP contribution in [0.5, 0.6) is 0 Å². The van der Waals surface area contributed by atoms with Crippen molar-refractivity contribution < 1.29 is 0 Å². The Morgan fingerprint density at radius 3 is 2.50 bits per heavy atom. The van der Waals surface area contributed by atoms with E-state index in [0.29, 0.717) is 12.1 Å². The molecule has 26 heavy (non-hydrogen) atoms. The summed E-state index contributed by atoms with van der Waals surface area (Å²) in [5.74, 6) is 2.57. The van der Waals surface area contributed by atoms with E-state index in [9.17, 15) is 4.79 Å². The molecule has 1 saturated heterocycles. The molecule has 2 aliphatic rings. The zero-order valence-electron chi connectivity index (χ0n) is 15.0. The predicted octanol–water partition coefficient (Wildman–Crippen LogP) is 3.27. The van der Waals surface area contributed by atoms with Crippen LogP contribution in [0.4, 0.5) is 0 Å². The predicted molar refractivity (Wildman–Crippen MR) is 107 cm³/mol. The Hall–Kier alpha value is -1.66. The lowest BCUT2D eigenvalue weighted by Crippen LogP contribution is -2.43. The Bertz CT molecular complexity index is 765. The molecule has 5 nitrogen and oxygen atoms in total. The van der Waals surface area contributed by atoms with Crippen molar-refractivity contribution in [1.82, 2.24) is 20.1 Å². The van der Waals surface area contributed by atoms with Gasteiger partial charge in [0.2, 0.25) is 0 Å². The van der Waals surface area contributed by atoms with Crippen LogP contribution < -0.4 is 10.9 Å². The van der Waals surface area contributed by atoms with Crippen LogP contribution >= 0.6 is 11.8 Å². The molecule has 0 atom stereocenters. The summed E-state index contributed by atoms with van der Waals surface area (Å²) in [6.45, 7) is 0. The third-order valence-corrected chi connectivity index (χ3v) is 6.57. The monoisotopic (exact) mass is 370 g/mol. The molecule has 1 aliphatic carbocycles. The zero-order chi connectivity index (χ0) is 17.8. The Labute approximate surface area is 158 Å². The van der Waals surface area contributed by atoms with Crippen molar-refractivity contribution in [2.45, 2.75) is 56.7 Å². The summed E-state index contributed by atoms with van der Waals surface area (Å²) in [4.78, 5) is 16.5. The van der Waals surface area contributed by atoms with Gasteiger partial charge in [-0.1, -0.05) is 0 Å². The van der Waals surface area contributed by atoms with E-state index in [-0.39, 0.29) is 11.6 Å². The number of pyridine rings is 1. The van der Waals surface area contributed by atoms with E-state index in [0.717, 1.165) is 36.9 Å². The summed E-state index contributed by atoms with van der Waals surface area (Å²) < 4.78 is 1.70. The molecule has 2 fully saturated rings. The lowest BCUT2D eigenvalue weighted by atomic mass is 9.90. The minimum atomic E-state index is -0.00152. The second-order valence-electron chi connectivity index (χ2n) is 7.30. The van der Waals surface area contributed by atoms with Crippen LogP contribution in [0.3, 0.4) is 0 Å². The molecule has 6 heteroatoms. The summed E-state index contributed by atoms with van der Waals surface area (Å²) in [6, 6.07) is 8.80. The van der Waals surface area contributed by atoms with Gasteiger partial charge in [-0.05, 0) is 68.2 Å². The molecule has 1 saturated carbocycles. The number of rotatable bonds is 4. The Kier molecular flexibility index (Phi) is 5.70. The first-order chi connectivity index (χ1) is 12.8. The van der Waals surface area contributed by atoms with Crippen molar-refractivity contribution in [1.29, 1.82) is 0 Å². The quantitative estimate of drug-likeness (QED) is 0.895. The van der Waals surface area contributed by atoms with Gasteiger partial charge < -0.3 is 5.32 Å². The Morgan fingerprint density at radius 1 is 1.00 bits per heavy atom. The molecule has 3 heterocycles. The molecule has 0 bridgehead atoms. The molecule has 4 rings (SSSR count). The van der Waals surface area contributed by atoms with Crippen molar-refractivity contribution in [3.8, 4) is 11.3 Å². The largest absolute Gasteiger partial charge is 0.311 e. The van der Waals surface area contributed by atoms with Crippen molar-refractivity contribution in [2.24, 2.45) is 0 Å². The maximum absolute atomic E-state index is 12.4. The van der Waals surface area contributed by atoms with Gasteiger partial charge in [0.05, 0.1) is 11.7 Å². The number of aromatic nitrogens is 3. The summed E-state index contributed by atoms with van der Waals surface area (Å²) in [6.07, 6.45) is 10.4. The maximum Gasteiger partial charge on any atom is 0.267 e. The molecule has 2 aromatic heterocycles. The normalized spacial score (nSPS) is 24.5. The number of hydrogen-bond donors (Lipinski definition) is 1. The van der Waals surface area contributed by atoms with Crippen LogP contribution in [0.1, 0.15) is 44.6 Å². The smallest absolute Gasteiger partial charge is 0.267 e. The van der Waals surface area contributed by atoms with E-state index >= 15 is 0 Å². The highest BCUT2D eigenvalue weighted by Gasteiger charge is 2.26. The van der Waals surface area contributed by atoms with E-state index in [1.54, 1.807) is 29.2 Å². The summed E-state index contributed by atoms with van der Waals surface area (Å²) in [5, 5.41) is 8.50. The van der Waals surface area contributed by atoms with Crippen molar-refractivity contribution in [2.75, 3.05) is 11.5 Å². The van der Waals surface area contributed by atoms with E-state index in [4.69, 9.17) is 0 Å². The average Bonchev–Trinajstić information content (AvgIpc) is 2.71. The minimum Gasteiger partial charge on any atom is -0.311 e. The Morgan fingerprint density at radius 2 is 1.77 bits per heavy atom. The van der Waals surface area contributed by atoms with Gasteiger partial charge in [0.1, 0.15) is 0 Å². The van der Waals surface area contributed by atoms with Gasteiger partial charge in [-0.2, -0.15) is 16.9 Å². The highest BCUT2D eigenvalue weighted by Crippen LogP contribution is 2.29. The average molecular weight is 371 g/mol. The van der Waals surface area contributed by atoms with Gasteiger partial charge in [-0.15, -0.1) is 0 Å². The zero-order valence-corrected chi connectivity index (χ0v) is 15.8. The van der Waals surface area contributed by atoms with Gasteiger partial charge in [-0.3, -0.25) is 9.78 Å². The standard InChI is InChI=1S/C20H26N4OS/c25-20-8-7-19(15-2-1-11-21-14-15)23-24(20)18-5-3-16(4-6-18)22-17-9-12-26-13-10-17/h1-2,7-8,11,14,16-18,22H,3-6,9-10,12-13H2. The number of nitrogens with zero attached hydrogens (tertiary/aromatic N) is 3. The third-order valence-electron chi connectivity index (χ3n) is 5.52. The fourth-order valence-electron chi connectivity index (χ4n) is 4.04. The first-order valence-electron chi connectivity index (χ1n) is 9.63. The molecule has 1 N–H and O–H groups in total. The van der Waals surface area contributed by atoms with Crippen molar-refractivity contribution >= 4 is 11.8 Å². The van der Waals surface area contributed by atoms with Crippen LogP contribution in [0, 0.1) is 0 Å². The molecule has 2 aromatic rings. The minimum absolute atomic E-state index is 0.00152. The maximum atomic E-state index is 12.4. The van der Waals surface area contributed by atoms with E-state index < -0.39 is 0 Å². The molecule has 0 unspecified atom stereocenters. The van der Waals surface area contributed by atoms with Crippen LogP contribution in [-0.4, -0.2) is 38.4 Å². The molecule has 0 amide bonds. The van der Waals surface area contributed by atoms with Gasteiger partial charge in [0.15, 0.2) is 0 Å². The fraction of sp³-hybridized carbons (Fsp3) is 0.550. The molecular weight excluding hydrogens is 344 g/mol. The second-order valence-corrected chi connectivity index (χ2v) is 8.53. The summed E-state index contributed by atoms with van der Waals surface area (Å²) >= 11 is 2.07. The Balaban J connectivity index is 1.41. The van der Waals surface area contributed by atoms with Crippen molar-refractivity contribution in [3.05, 3.63) is 47.0 Å². The molecule has 1 aliphatic heterocycles. The highest BCUT2D eigenvalue weighted by atomic mass is 32.2. The van der Waals surface area contributed by atoms with Crippen LogP contribution in [0.15, 0.2) is 41.5 Å². The van der Waals surface area contributed by atoms with Crippen LogP contribution in [0.2, 0.25) is 0 Å². The van der Waals surface area contributed by atoms with E-state index in [1.165, 1.54) is 24.3 Å². The molecule has 0 radical (unpaired) electrons. The number of nitrogens with one attached hydrogen (secondary N) is 1. The van der Waals surface area contributed by atoms with Gasteiger partial charge in [0, 0.05) is 36.1 Å². The second kappa shape index (κ2) is 8.35. The molecule has 138 valence electrons. The van der Waals surface area contributed by atoms with E-state index in [1.807, 2.05) is 12.1 Å². The van der Waals surface area contributed by atoms with Gasteiger partial charge >= 0.3 is 0 Å². The lowest BCUT2D eigenvalue weighted by molar-refractivity contribution is 0.252. The first kappa shape index (κ1) is 17.7. The third kappa shape index (κ3) is 4.18. The van der Waals surface area contributed by atoms with E-state index in [2.05, 4.69) is 27.2 Å². The number of thioether (sulfide) groups is 1. The van der Waals surface area contributed by atoms with Crippen molar-refractivity contribution in [3.63, 3.8) is 0 Å². The highest BCUT2D eigenvalue weighted by molar-refractivity contribution is 7.99. The van der Waals surface area contributed by atoms with Crippen LogP contribution in [0.25, 0.3) is 11.3 Å². The first-order valence-corrected chi connectivity index (χ1v) is 10.8. The summed E-state index contributed by atoms with van der Waals surface area (Å²) in [5.41, 5.74) is 1.77. The summed E-state index contributed by atoms with van der Waals surface area (Å²) in [7, 11) is 0. The molecule has 0 spiro atoms. The topological polar surface area (TPSA) is 59.8 Å². The fourth-order valence-corrected chi connectivity index (χ4v) is 5.15. The number of hydrogen-bond acceptors (Lipinski definition) is 5. The SMILES string of the molecule is O=c1ccc(-c2cccnc2)nn1C1CCC(NC2CCSCC2)CC1.